The molecule has 0 fully saturated rings. The molecule has 18 heavy (non-hydrogen) atoms. The number of methoxy groups -OCH3 is 2. The van der Waals surface area contributed by atoms with Crippen LogP contribution < -0.4 is 20.1 Å². The van der Waals surface area contributed by atoms with Gasteiger partial charge in [0.25, 0.3) is 0 Å². The highest BCUT2D eigenvalue weighted by atomic mass is 16.5. The molecular weight excluding hydrogens is 236 g/mol. The molecule has 0 radical (unpaired) electrons. The normalized spacial score (nSPS) is 10.9. The minimum Gasteiger partial charge on any atom is -0.481 e. The Hall–Kier alpha value is -1.89. The molecule has 0 bridgehead atoms. The summed E-state index contributed by atoms with van der Waals surface area (Å²) in [6.45, 7) is 3.50. The molecule has 1 rings (SSSR count). The average Bonchev–Trinajstić information content (AvgIpc) is 2.37. The van der Waals surface area contributed by atoms with Crippen molar-refractivity contribution in [2.24, 2.45) is 0 Å². The number of aromatic nitrogens is 2. The first-order valence-corrected chi connectivity index (χ1v) is 5.40. The van der Waals surface area contributed by atoms with Crippen LogP contribution in [0.5, 0.6) is 11.8 Å². The molecule has 2 N–H and O–H groups in total. The monoisotopic (exact) mass is 254 g/mol. The summed E-state index contributed by atoms with van der Waals surface area (Å²) in [6, 6.07) is 1.53. The van der Waals surface area contributed by atoms with E-state index in [0.717, 1.165) is 0 Å². The minimum atomic E-state index is -0.723. The third kappa shape index (κ3) is 3.30. The van der Waals surface area contributed by atoms with Gasteiger partial charge in [-0.2, -0.15) is 9.97 Å². The molecule has 100 valence electrons. The van der Waals surface area contributed by atoms with E-state index in [1.165, 1.54) is 20.3 Å². The standard InChI is InChI=1S/C11H18N4O3/c1-11(2,12-3)9(16)15-10-13-7(17-4)6-8(14-10)18-5/h6,12H,1-5H3,(H,13,14,15,16). The van der Waals surface area contributed by atoms with Crippen LogP contribution in [0.15, 0.2) is 6.07 Å². The summed E-state index contributed by atoms with van der Waals surface area (Å²) in [5.41, 5.74) is -0.723. The third-order valence-electron chi connectivity index (χ3n) is 2.52. The number of hydrogen-bond acceptors (Lipinski definition) is 6. The van der Waals surface area contributed by atoms with Gasteiger partial charge in [-0.15, -0.1) is 0 Å². The number of carbonyl (C=O) groups excluding carboxylic acids is 1. The van der Waals surface area contributed by atoms with Gasteiger partial charge in [0.05, 0.1) is 25.8 Å². The predicted octanol–water partition coefficient (Wildman–Crippen LogP) is 0.430. The van der Waals surface area contributed by atoms with Gasteiger partial charge in [0.1, 0.15) is 0 Å². The van der Waals surface area contributed by atoms with Gasteiger partial charge in [-0.1, -0.05) is 0 Å². The van der Waals surface area contributed by atoms with Crippen molar-refractivity contribution in [3.8, 4) is 11.8 Å². The molecule has 0 unspecified atom stereocenters. The van der Waals surface area contributed by atoms with Crippen LogP contribution in [0, 0.1) is 0 Å². The number of likely N-dealkylation sites (N-methyl/N-ethyl adjacent to an activating group) is 1. The molecule has 0 saturated carbocycles. The van der Waals surface area contributed by atoms with E-state index in [1.807, 2.05) is 0 Å². The van der Waals surface area contributed by atoms with Crippen molar-refractivity contribution in [3.63, 3.8) is 0 Å². The quantitative estimate of drug-likeness (QED) is 0.792. The first-order valence-electron chi connectivity index (χ1n) is 5.40. The average molecular weight is 254 g/mol. The van der Waals surface area contributed by atoms with Crippen molar-refractivity contribution >= 4 is 11.9 Å². The summed E-state index contributed by atoms with van der Waals surface area (Å²) in [7, 11) is 4.66. The molecule has 0 atom stereocenters. The second kappa shape index (κ2) is 5.63. The number of ether oxygens (including phenoxy) is 2. The second-order valence-electron chi connectivity index (χ2n) is 4.11. The summed E-state index contributed by atoms with van der Waals surface area (Å²) < 4.78 is 9.99. The van der Waals surface area contributed by atoms with Gasteiger partial charge in [0, 0.05) is 0 Å². The van der Waals surface area contributed by atoms with E-state index in [4.69, 9.17) is 9.47 Å². The predicted molar refractivity (Wildman–Crippen MR) is 66.9 cm³/mol. The Kier molecular flexibility index (Phi) is 4.43. The van der Waals surface area contributed by atoms with Crippen LogP contribution in [0.4, 0.5) is 5.95 Å². The maximum atomic E-state index is 11.9. The van der Waals surface area contributed by atoms with Crippen LogP contribution in [0.1, 0.15) is 13.8 Å². The van der Waals surface area contributed by atoms with Crippen LogP contribution >= 0.6 is 0 Å². The molecule has 1 heterocycles. The van der Waals surface area contributed by atoms with E-state index in [1.54, 1.807) is 20.9 Å². The van der Waals surface area contributed by atoms with Crippen molar-refractivity contribution in [2.45, 2.75) is 19.4 Å². The Bertz CT molecular complexity index is 412. The van der Waals surface area contributed by atoms with Gasteiger partial charge >= 0.3 is 0 Å². The van der Waals surface area contributed by atoms with Gasteiger partial charge in [-0.05, 0) is 20.9 Å². The molecule has 1 aromatic heterocycles. The highest BCUT2D eigenvalue weighted by Gasteiger charge is 2.26. The summed E-state index contributed by atoms with van der Waals surface area (Å²) in [4.78, 5) is 20.0. The number of anilines is 1. The van der Waals surface area contributed by atoms with E-state index in [2.05, 4.69) is 20.6 Å². The number of hydrogen-bond donors (Lipinski definition) is 2. The number of carbonyl (C=O) groups is 1. The Morgan fingerprint density at radius 3 is 2.11 bits per heavy atom. The molecule has 0 saturated heterocycles. The zero-order chi connectivity index (χ0) is 13.8. The molecule has 0 aliphatic carbocycles. The number of rotatable bonds is 5. The number of amides is 1. The van der Waals surface area contributed by atoms with Crippen LogP contribution in [-0.4, -0.2) is 42.7 Å². The van der Waals surface area contributed by atoms with Crippen LogP contribution in [0.3, 0.4) is 0 Å². The summed E-state index contributed by atoms with van der Waals surface area (Å²) in [5, 5.41) is 5.49. The minimum absolute atomic E-state index is 0.138. The maximum absolute atomic E-state index is 11.9. The zero-order valence-electron chi connectivity index (χ0n) is 11.2. The third-order valence-corrected chi connectivity index (χ3v) is 2.52. The number of nitrogens with zero attached hydrogens (tertiary/aromatic N) is 2. The van der Waals surface area contributed by atoms with E-state index >= 15 is 0 Å². The fourth-order valence-corrected chi connectivity index (χ4v) is 1.04. The molecule has 7 heteroatoms. The second-order valence-corrected chi connectivity index (χ2v) is 4.11. The molecule has 0 spiro atoms. The highest BCUT2D eigenvalue weighted by molar-refractivity contribution is 5.96. The lowest BCUT2D eigenvalue weighted by Crippen LogP contribution is -2.48. The molecule has 1 aromatic rings. The summed E-state index contributed by atoms with van der Waals surface area (Å²) in [6.07, 6.45) is 0. The summed E-state index contributed by atoms with van der Waals surface area (Å²) in [5.74, 6) is 0.527. The van der Waals surface area contributed by atoms with Crippen molar-refractivity contribution in [1.29, 1.82) is 0 Å². The lowest BCUT2D eigenvalue weighted by molar-refractivity contribution is -0.121. The first kappa shape index (κ1) is 14.2. The largest absolute Gasteiger partial charge is 0.481 e. The van der Waals surface area contributed by atoms with E-state index in [0.29, 0.717) is 11.8 Å². The lowest BCUT2D eigenvalue weighted by Gasteiger charge is -2.22. The molecule has 0 aliphatic rings. The Labute approximate surface area is 106 Å². The van der Waals surface area contributed by atoms with Crippen LogP contribution in [0.2, 0.25) is 0 Å². The van der Waals surface area contributed by atoms with Gasteiger partial charge in [0.2, 0.25) is 23.6 Å². The smallest absolute Gasteiger partial charge is 0.246 e. The van der Waals surface area contributed by atoms with Gasteiger partial charge < -0.3 is 14.8 Å². The fourth-order valence-electron chi connectivity index (χ4n) is 1.04. The van der Waals surface area contributed by atoms with Gasteiger partial charge in [-0.3, -0.25) is 10.1 Å². The van der Waals surface area contributed by atoms with Gasteiger partial charge in [0.15, 0.2) is 0 Å². The Morgan fingerprint density at radius 2 is 1.72 bits per heavy atom. The molecule has 1 amide bonds. The lowest BCUT2D eigenvalue weighted by atomic mass is 10.1. The molecule has 7 nitrogen and oxygen atoms in total. The van der Waals surface area contributed by atoms with Gasteiger partial charge in [-0.25, -0.2) is 0 Å². The van der Waals surface area contributed by atoms with Crippen LogP contribution in [0.25, 0.3) is 0 Å². The molecule has 0 aliphatic heterocycles. The topological polar surface area (TPSA) is 85.4 Å². The van der Waals surface area contributed by atoms with Crippen molar-refractivity contribution in [3.05, 3.63) is 6.07 Å². The Balaban J connectivity index is 2.93. The van der Waals surface area contributed by atoms with Crippen LogP contribution in [-0.2, 0) is 4.79 Å². The first-order chi connectivity index (χ1) is 8.42. The Morgan fingerprint density at radius 1 is 1.22 bits per heavy atom. The highest BCUT2D eigenvalue weighted by Crippen LogP contribution is 2.18. The SMILES string of the molecule is CNC(C)(C)C(=O)Nc1nc(OC)cc(OC)n1. The summed E-state index contributed by atoms with van der Waals surface area (Å²) >= 11 is 0. The van der Waals surface area contributed by atoms with Crippen molar-refractivity contribution < 1.29 is 14.3 Å². The van der Waals surface area contributed by atoms with E-state index in [-0.39, 0.29) is 11.9 Å². The van der Waals surface area contributed by atoms with E-state index in [9.17, 15) is 4.79 Å². The van der Waals surface area contributed by atoms with Crippen molar-refractivity contribution in [1.82, 2.24) is 15.3 Å². The zero-order valence-corrected chi connectivity index (χ0v) is 11.2. The molecular formula is C11H18N4O3. The maximum Gasteiger partial charge on any atom is 0.246 e. The molecule has 0 aromatic carbocycles. The van der Waals surface area contributed by atoms with E-state index < -0.39 is 5.54 Å². The fraction of sp³-hybridized carbons (Fsp3) is 0.545. The number of nitrogens with one attached hydrogen (secondary N) is 2. The van der Waals surface area contributed by atoms with Crippen molar-refractivity contribution in [2.75, 3.05) is 26.6 Å².